The standard InChI is InChI=1S/C12H21N3O4/c1-7(11(18)15-8-4-2-3-5-8)14-12(19)9(13)6-10(16)17/h7-9H,2-6,13H2,1H3,(H,14,19)(H,15,18)(H,16,17)/t7-,9-/m0/s1. The molecule has 1 saturated carbocycles. The molecule has 1 fully saturated rings. The van der Waals surface area contributed by atoms with Crippen molar-refractivity contribution in [2.45, 2.75) is 57.2 Å². The quantitative estimate of drug-likeness (QED) is 0.511. The van der Waals surface area contributed by atoms with Crippen LogP contribution >= 0.6 is 0 Å². The van der Waals surface area contributed by atoms with E-state index in [1.807, 2.05) is 0 Å². The first kappa shape index (κ1) is 15.4. The predicted octanol–water partition coefficient (Wildman–Crippen LogP) is -0.648. The van der Waals surface area contributed by atoms with Gasteiger partial charge < -0.3 is 21.5 Å². The molecule has 0 unspecified atom stereocenters. The van der Waals surface area contributed by atoms with Gasteiger partial charge in [-0.25, -0.2) is 0 Å². The van der Waals surface area contributed by atoms with Gasteiger partial charge in [0.1, 0.15) is 6.04 Å². The Morgan fingerprint density at radius 2 is 1.84 bits per heavy atom. The van der Waals surface area contributed by atoms with E-state index in [0.29, 0.717) is 0 Å². The largest absolute Gasteiger partial charge is 0.481 e. The molecule has 0 aromatic heterocycles. The second-order valence-electron chi connectivity index (χ2n) is 4.92. The summed E-state index contributed by atoms with van der Waals surface area (Å²) in [5.74, 6) is -2.04. The Hall–Kier alpha value is -1.63. The van der Waals surface area contributed by atoms with Crippen LogP contribution in [0.2, 0.25) is 0 Å². The van der Waals surface area contributed by atoms with Crippen LogP contribution in [-0.2, 0) is 14.4 Å². The Kier molecular flexibility index (Phi) is 5.75. The SMILES string of the molecule is C[C@H](NC(=O)[C@@H](N)CC(=O)O)C(=O)NC1CCCC1. The number of hydrogen-bond donors (Lipinski definition) is 4. The minimum Gasteiger partial charge on any atom is -0.481 e. The maximum Gasteiger partial charge on any atom is 0.305 e. The summed E-state index contributed by atoms with van der Waals surface area (Å²) in [5, 5.41) is 13.8. The minimum atomic E-state index is -1.15. The highest BCUT2D eigenvalue weighted by molar-refractivity contribution is 5.91. The highest BCUT2D eigenvalue weighted by Gasteiger charge is 2.24. The third-order valence-electron chi connectivity index (χ3n) is 3.18. The summed E-state index contributed by atoms with van der Waals surface area (Å²) in [6, 6.07) is -1.67. The number of nitrogens with two attached hydrogens (primary N) is 1. The van der Waals surface area contributed by atoms with Gasteiger partial charge >= 0.3 is 5.97 Å². The van der Waals surface area contributed by atoms with Crippen LogP contribution in [0.4, 0.5) is 0 Å². The molecule has 7 heteroatoms. The summed E-state index contributed by atoms with van der Waals surface area (Å²) in [6.07, 6.45) is 3.68. The van der Waals surface area contributed by atoms with Gasteiger partial charge in [0.05, 0.1) is 12.5 Å². The molecule has 1 rings (SSSR count). The molecule has 0 heterocycles. The van der Waals surface area contributed by atoms with Crippen LogP contribution in [0.3, 0.4) is 0 Å². The van der Waals surface area contributed by atoms with Gasteiger partial charge in [-0.2, -0.15) is 0 Å². The molecule has 0 aliphatic heterocycles. The number of hydrogen-bond acceptors (Lipinski definition) is 4. The second kappa shape index (κ2) is 7.08. The summed E-state index contributed by atoms with van der Waals surface area (Å²) in [4.78, 5) is 33.8. The first-order valence-electron chi connectivity index (χ1n) is 6.48. The van der Waals surface area contributed by atoms with Crippen molar-refractivity contribution < 1.29 is 19.5 Å². The molecule has 0 aromatic rings. The van der Waals surface area contributed by atoms with Gasteiger partial charge in [0.2, 0.25) is 11.8 Å². The van der Waals surface area contributed by atoms with E-state index in [2.05, 4.69) is 10.6 Å². The van der Waals surface area contributed by atoms with Crippen molar-refractivity contribution in [2.24, 2.45) is 5.73 Å². The number of aliphatic carboxylic acids is 1. The van der Waals surface area contributed by atoms with Crippen LogP contribution in [-0.4, -0.2) is 41.0 Å². The Labute approximate surface area is 111 Å². The Morgan fingerprint density at radius 1 is 1.26 bits per heavy atom. The van der Waals surface area contributed by atoms with Gasteiger partial charge in [-0.15, -0.1) is 0 Å². The van der Waals surface area contributed by atoms with E-state index in [9.17, 15) is 14.4 Å². The van der Waals surface area contributed by atoms with Gasteiger partial charge in [-0.1, -0.05) is 12.8 Å². The zero-order chi connectivity index (χ0) is 14.4. The van der Waals surface area contributed by atoms with Gasteiger partial charge in [-0.3, -0.25) is 14.4 Å². The van der Waals surface area contributed by atoms with Crippen molar-refractivity contribution in [3.8, 4) is 0 Å². The lowest BCUT2D eigenvalue weighted by Gasteiger charge is -2.19. The van der Waals surface area contributed by atoms with E-state index in [0.717, 1.165) is 25.7 Å². The van der Waals surface area contributed by atoms with E-state index < -0.39 is 30.4 Å². The molecule has 0 radical (unpaired) electrons. The Bertz CT molecular complexity index is 353. The molecule has 1 aliphatic rings. The summed E-state index contributed by atoms with van der Waals surface area (Å²) < 4.78 is 0. The molecule has 19 heavy (non-hydrogen) atoms. The molecular weight excluding hydrogens is 250 g/mol. The van der Waals surface area contributed by atoms with Crippen LogP contribution in [0.1, 0.15) is 39.0 Å². The Morgan fingerprint density at radius 3 is 2.37 bits per heavy atom. The topological polar surface area (TPSA) is 122 Å². The summed E-state index contributed by atoms with van der Waals surface area (Å²) in [7, 11) is 0. The molecule has 108 valence electrons. The number of carboxylic acids is 1. The normalized spacial score (nSPS) is 18.6. The fourth-order valence-corrected chi connectivity index (χ4v) is 2.06. The van der Waals surface area contributed by atoms with Gasteiger partial charge in [-0.05, 0) is 19.8 Å². The minimum absolute atomic E-state index is 0.180. The number of carboxylic acid groups (broad SMARTS) is 1. The third kappa shape index (κ3) is 5.25. The van der Waals surface area contributed by atoms with Crippen LogP contribution in [0.15, 0.2) is 0 Å². The molecule has 7 nitrogen and oxygen atoms in total. The second-order valence-corrected chi connectivity index (χ2v) is 4.92. The molecule has 1 aliphatic carbocycles. The van der Waals surface area contributed by atoms with Crippen molar-refractivity contribution in [1.82, 2.24) is 10.6 Å². The molecule has 0 bridgehead atoms. The number of amides is 2. The zero-order valence-electron chi connectivity index (χ0n) is 11.0. The highest BCUT2D eigenvalue weighted by atomic mass is 16.4. The van der Waals surface area contributed by atoms with Crippen LogP contribution in [0, 0.1) is 0 Å². The monoisotopic (exact) mass is 271 g/mol. The number of carbonyl (C=O) groups excluding carboxylic acids is 2. The van der Waals surface area contributed by atoms with Gasteiger partial charge in [0.15, 0.2) is 0 Å². The van der Waals surface area contributed by atoms with E-state index in [4.69, 9.17) is 10.8 Å². The maximum absolute atomic E-state index is 11.8. The first-order chi connectivity index (χ1) is 8.90. The summed E-state index contributed by atoms with van der Waals surface area (Å²) >= 11 is 0. The van der Waals surface area contributed by atoms with Gasteiger partial charge in [0, 0.05) is 6.04 Å². The lowest BCUT2D eigenvalue weighted by Crippen LogP contribution is -2.52. The maximum atomic E-state index is 11.8. The summed E-state index contributed by atoms with van der Waals surface area (Å²) in [5.41, 5.74) is 5.41. The van der Waals surface area contributed by atoms with Gasteiger partial charge in [0.25, 0.3) is 0 Å². The van der Waals surface area contributed by atoms with Crippen molar-refractivity contribution in [3.63, 3.8) is 0 Å². The van der Waals surface area contributed by atoms with Crippen molar-refractivity contribution in [1.29, 1.82) is 0 Å². The molecule has 0 saturated heterocycles. The lowest BCUT2D eigenvalue weighted by atomic mass is 10.2. The van der Waals surface area contributed by atoms with Crippen molar-refractivity contribution >= 4 is 17.8 Å². The molecule has 2 atom stereocenters. The highest BCUT2D eigenvalue weighted by Crippen LogP contribution is 2.17. The molecule has 0 spiro atoms. The Balaban J connectivity index is 2.35. The van der Waals surface area contributed by atoms with Crippen LogP contribution in [0.5, 0.6) is 0 Å². The van der Waals surface area contributed by atoms with Crippen molar-refractivity contribution in [2.75, 3.05) is 0 Å². The number of nitrogens with one attached hydrogen (secondary N) is 2. The summed E-state index contributed by atoms with van der Waals surface area (Å²) in [6.45, 7) is 1.55. The van der Waals surface area contributed by atoms with Crippen molar-refractivity contribution in [3.05, 3.63) is 0 Å². The molecule has 0 aromatic carbocycles. The average molecular weight is 271 g/mol. The molecular formula is C12H21N3O4. The zero-order valence-corrected chi connectivity index (χ0v) is 11.0. The smallest absolute Gasteiger partial charge is 0.305 e. The number of rotatable bonds is 6. The average Bonchev–Trinajstić information content (AvgIpc) is 2.80. The van der Waals surface area contributed by atoms with Crippen LogP contribution < -0.4 is 16.4 Å². The number of carbonyl (C=O) groups is 3. The molecule has 5 N–H and O–H groups in total. The lowest BCUT2D eigenvalue weighted by molar-refractivity contribution is -0.139. The van der Waals surface area contributed by atoms with E-state index in [-0.39, 0.29) is 11.9 Å². The van der Waals surface area contributed by atoms with E-state index in [1.54, 1.807) is 6.92 Å². The van der Waals surface area contributed by atoms with E-state index in [1.165, 1.54) is 0 Å². The fourth-order valence-electron chi connectivity index (χ4n) is 2.06. The first-order valence-corrected chi connectivity index (χ1v) is 6.48. The van der Waals surface area contributed by atoms with Crippen LogP contribution in [0.25, 0.3) is 0 Å². The predicted molar refractivity (Wildman–Crippen MR) is 68.2 cm³/mol. The fraction of sp³-hybridized carbons (Fsp3) is 0.750. The third-order valence-corrected chi connectivity index (χ3v) is 3.18. The molecule has 2 amide bonds. The van der Waals surface area contributed by atoms with E-state index >= 15 is 0 Å².